The number of carbonyl (C=O) groups is 2. The third kappa shape index (κ3) is 3.12. The van der Waals surface area contributed by atoms with E-state index < -0.39 is 0 Å². The van der Waals surface area contributed by atoms with E-state index in [0.29, 0.717) is 37.2 Å². The number of anilines is 1. The van der Waals surface area contributed by atoms with Crippen molar-refractivity contribution in [3.63, 3.8) is 0 Å². The zero-order valence-corrected chi connectivity index (χ0v) is 12.9. The maximum atomic E-state index is 12.4. The van der Waals surface area contributed by atoms with E-state index in [9.17, 15) is 9.59 Å². The number of benzene rings is 1. The number of methoxy groups -OCH3 is 1. The zero-order valence-electron chi connectivity index (χ0n) is 11.3. The van der Waals surface area contributed by atoms with E-state index in [1.807, 2.05) is 0 Å². The molecule has 1 saturated heterocycles. The minimum atomic E-state index is -0.194. The van der Waals surface area contributed by atoms with Crippen LogP contribution >= 0.6 is 15.9 Å². The van der Waals surface area contributed by atoms with Gasteiger partial charge in [0.2, 0.25) is 0 Å². The van der Waals surface area contributed by atoms with Crippen molar-refractivity contribution in [2.45, 2.75) is 12.8 Å². The summed E-state index contributed by atoms with van der Waals surface area (Å²) in [5.74, 6) is -0.384. The van der Waals surface area contributed by atoms with Crippen molar-refractivity contribution in [3.8, 4) is 0 Å². The van der Waals surface area contributed by atoms with E-state index in [2.05, 4.69) is 15.9 Å². The molecule has 2 N–H and O–H groups in total. The number of nitrogens with two attached hydrogens (primary N) is 1. The average Bonchev–Trinajstić information content (AvgIpc) is 2.46. The molecule has 0 unspecified atom stereocenters. The molecule has 0 saturated carbocycles. The highest BCUT2D eigenvalue weighted by atomic mass is 79.9. The summed E-state index contributed by atoms with van der Waals surface area (Å²) >= 11 is 3.32. The highest BCUT2D eigenvalue weighted by Gasteiger charge is 2.28. The van der Waals surface area contributed by atoms with Crippen molar-refractivity contribution in [1.82, 2.24) is 4.90 Å². The molecule has 1 amide bonds. The van der Waals surface area contributed by atoms with Crippen LogP contribution in [0.5, 0.6) is 0 Å². The molecule has 1 aliphatic heterocycles. The second-order valence-corrected chi connectivity index (χ2v) is 5.74. The number of carbonyl (C=O) groups excluding carboxylic acids is 2. The summed E-state index contributed by atoms with van der Waals surface area (Å²) in [5.41, 5.74) is 6.84. The first-order valence-corrected chi connectivity index (χ1v) is 7.24. The smallest absolute Gasteiger partial charge is 0.308 e. The number of rotatable bonds is 2. The normalized spacial score (nSPS) is 16.0. The van der Waals surface area contributed by atoms with Crippen molar-refractivity contribution >= 4 is 33.5 Å². The fourth-order valence-electron chi connectivity index (χ4n) is 2.38. The van der Waals surface area contributed by atoms with Crippen LogP contribution in [0.2, 0.25) is 0 Å². The van der Waals surface area contributed by atoms with Gasteiger partial charge in [-0.25, -0.2) is 0 Å². The summed E-state index contributed by atoms with van der Waals surface area (Å²) in [4.78, 5) is 25.6. The number of nitrogens with zero attached hydrogens (tertiary/aromatic N) is 1. The molecule has 0 atom stereocenters. The highest BCUT2D eigenvalue weighted by molar-refractivity contribution is 9.10. The number of piperidine rings is 1. The van der Waals surface area contributed by atoms with Crippen LogP contribution in [0.4, 0.5) is 5.69 Å². The molecule has 108 valence electrons. The van der Waals surface area contributed by atoms with Gasteiger partial charge in [-0.05, 0) is 31.0 Å². The third-order valence-electron chi connectivity index (χ3n) is 3.56. The van der Waals surface area contributed by atoms with Gasteiger partial charge in [0.1, 0.15) is 0 Å². The zero-order chi connectivity index (χ0) is 14.7. The van der Waals surface area contributed by atoms with Crippen LogP contribution in [-0.4, -0.2) is 37.0 Å². The molecule has 1 aromatic rings. The topological polar surface area (TPSA) is 72.6 Å². The number of likely N-dealkylation sites (tertiary alicyclic amines) is 1. The van der Waals surface area contributed by atoms with E-state index in [4.69, 9.17) is 10.5 Å². The molecule has 1 fully saturated rings. The molecule has 1 aromatic carbocycles. The number of amides is 1. The van der Waals surface area contributed by atoms with Crippen LogP contribution in [0.1, 0.15) is 23.2 Å². The summed E-state index contributed by atoms with van der Waals surface area (Å²) < 4.78 is 5.58. The second kappa shape index (κ2) is 6.26. The van der Waals surface area contributed by atoms with Gasteiger partial charge in [0.25, 0.3) is 5.91 Å². The van der Waals surface area contributed by atoms with E-state index in [1.54, 1.807) is 23.1 Å². The predicted octanol–water partition coefficient (Wildman–Crippen LogP) is 2.06. The number of hydrogen-bond acceptors (Lipinski definition) is 4. The number of hydrogen-bond donors (Lipinski definition) is 1. The van der Waals surface area contributed by atoms with Crippen molar-refractivity contribution in [1.29, 1.82) is 0 Å². The maximum absolute atomic E-state index is 12.4. The first-order valence-electron chi connectivity index (χ1n) is 6.45. The Bertz CT molecular complexity index is 525. The number of ether oxygens (including phenoxy) is 1. The van der Waals surface area contributed by atoms with Crippen LogP contribution in [0, 0.1) is 5.92 Å². The van der Waals surface area contributed by atoms with Gasteiger partial charge in [-0.1, -0.05) is 15.9 Å². The quantitative estimate of drug-likeness (QED) is 0.660. The first-order chi connectivity index (χ1) is 9.52. The van der Waals surface area contributed by atoms with Crippen molar-refractivity contribution in [3.05, 3.63) is 28.2 Å². The van der Waals surface area contributed by atoms with Gasteiger partial charge in [-0.3, -0.25) is 9.59 Å². The Morgan fingerprint density at radius 3 is 2.55 bits per heavy atom. The second-order valence-electron chi connectivity index (χ2n) is 4.82. The maximum Gasteiger partial charge on any atom is 0.308 e. The van der Waals surface area contributed by atoms with Crippen LogP contribution in [0.15, 0.2) is 22.7 Å². The molecule has 0 spiro atoms. The van der Waals surface area contributed by atoms with Crippen LogP contribution in [0.3, 0.4) is 0 Å². The lowest BCUT2D eigenvalue weighted by Gasteiger charge is -2.31. The van der Waals surface area contributed by atoms with E-state index in [-0.39, 0.29) is 17.8 Å². The molecule has 5 nitrogen and oxygen atoms in total. The predicted molar refractivity (Wildman–Crippen MR) is 79.2 cm³/mol. The van der Waals surface area contributed by atoms with Gasteiger partial charge in [0.05, 0.1) is 18.6 Å². The van der Waals surface area contributed by atoms with Crippen molar-refractivity contribution < 1.29 is 14.3 Å². The van der Waals surface area contributed by atoms with Crippen LogP contribution in [-0.2, 0) is 9.53 Å². The summed E-state index contributed by atoms with van der Waals surface area (Å²) in [7, 11) is 1.39. The van der Waals surface area contributed by atoms with Gasteiger partial charge < -0.3 is 15.4 Å². The summed E-state index contributed by atoms with van der Waals surface area (Å²) in [6.45, 7) is 1.10. The Kier molecular flexibility index (Phi) is 4.65. The van der Waals surface area contributed by atoms with Gasteiger partial charge in [0.15, 0.2) is 0 Å². The summed E-state index contributed by atoms with van der Waals surface area (Å²) in [6.07, 6.45) is 1.27. The highest BCUT2D eigenvalue weighted by Crippen LogP contribution is 2.24. The monoisotopic (exact) mass is 340 g/mol. The lowest BCUT2D eigenvalue weighted by atomic mass is 9.96. The summed E-state index contributed by atoms with van der Waals surface area (Å²) in [5, 5.41) is 0. The summed E-state index contributed by atoms with van der Waals surface area (Å²) in [6, 6.07) is 5.23. The minimum absolute atomic E-state index is 0.0849. The van der Waals surface area contributed by atoms with E-state index >= 15 is 0 Å². The fraction of sp³-hybridized carbons (Fsp3) is 0.429. The Hall–Kier alpha value is -1.56. The van der Waals surface area contributed by atoms with E-state index in [1.165, 1.54) is 7.11 Å². The molecular weight excluding hydrogens is 324 g/mol. The number of nitrogen functional groups attached to an aromatic ring is 1. The molecule has 1 heterocycles. The van der Waals surface area contributed by atoms with E-state index in [0.717, 1.165) is 4.47 Å². The molecular formula is C14H17BrN2O3. The average molecular weight is 341 g/mol. The lowest BCUT2D eigenvalue weighted by Crippen LogP contribution is -2.40. The van der Waals surface area contributed by atoms with Crippen molar-refractivity contribution in [2.75, 3.05) is 25.9 Å². The minimum Gasteiger partial charge on any atom is -0.469 e. The molecule has 0 radical (unpaired) electrons. The standard InChI is InChI=1S/C14H17BrN2O3/c1-20-14(19)9-4-6-17(7-5-9)13(18)11-3-2-10(15)8-12(11)16/h2-3,8-9H,4-7,16H2,1H3. The SMILES string of the molecule is COC(=O)C1CCN(C(=O)c2ccc(Br)cc2N)CC1. The first kappa shape index (κ1) is 14.8. The van der Waals surface area contributed by atoms with Gasteiger partial charge in [0, 0.05) is 23.2 Å². The number of esters is 1. The number of halogens is 1. The molecule has 0 aliphatic carbocycles. The molecule has 2 rings (SSSR count). The van der Waals surface area contributed by atoms with Crippen molar-refractivity contribution in [2.24, 2.45) is 5.92 Å². The third-order valence-corrected chi connectivity index (χ3v) is 4.05. The Labute approximate surface area is 126 Å². The molecule has 6 heteroatoms. The van der Waals surface area contributed by atoms with Crippen LogP contribution in [0.25, 0.3) is 0 Å². The molecule has 20 heavy (non-hydrogen) atoms. The Morgan fingerprint density at radius 1 is 1.35 bits per heavy atom. The molecule has 1 aliphatic rings. The Balaban J connectivity index is 2.03. The molecule has 0 aromatic heterocycles. The fourth-order valence-corrected chi connectivity index (χ4v) is 2.76. The Morgan fingerprint density at radius 2 is 2.00 bits per heavy atom. The van der Waals surface area contributed by atoms with Gasteiger partial charge >= 0.3 is 5.97 Å². The van der Waals surface area contributed by atoms with Crippen LogP contribution < -0.4 is 5.73 Å². The van der Waals surface area contributed by atoms with Gasteiger partial charge in [-0.2, -0.15) is 0 Å². The molecule has 0 bridgehead atoms. The lowest BCUT2D eigenvalue weighted by molar-refractivity contribution is -0.146. The van der Waals surface area contributed by atoms with Gasteiger partial charge in [-0.15, -0.1) is 0 Å². The largest absolute Gasteiger partial charge is 0.469 e.